The lowest BCUT2D eigenvalue weighted by atomic mass is 10.2. The number of halogens is 1. The SMILES string of the molecule is O=S(=O)(Nc1cccc(Oc2cccc3cccnc23)c1)c1ccc(F)cc1. The highest BCUT2D eigenvalue weighted by atomic mass is 32.2. The van der Waals surface area contributed by atoms with Crippen LogP contribution in [-0.4, -0.2) is 13.4 Å². The predicted octanol–water partition coefficient (Wildman–Crippen LogP) is 4.97. The van der Waals surface area contributed by atoms with E-state index in [1.54, 1.807) is 36.5 Å². The van der Waals surface area contributed by atoms with E-state index in [0.29, 0.717) is 22.7 Å². The quantitative estimate of drug-likeness (QED) is 0.519. The monoisotopic (exact) mass is 394 g/mol. The Balaban J connectivity index is 1.60. The van der Waals surface area contributed by atoms with Crippen LogP contribution in [0.3, 0.4) is 0 Å². The summed E-state index contributed by atoms with van der Waals surface area (Å²) < 4.78 is 46.4. The van der Waals surface area contributed by atoms with Crippen LogP contribution in [0.25, 0.3) is 10.9 Å². The van der Waals surface area contributed by atoms with E-state index < -0.39 is 15.8 Å². The highest BCUT2D eigenvalue weighted by Crippen LogP contribution is 2.30. The topological polar surface area (TPSA) is 68.3 Å². The van der Waals surface area contributed by atoms with Gasteiger partial charge in [-0.15, -0.1) is 0 Å². The first kappa shape index (κ1) is 17.9. The molecule has 0 fully saturated rings. The molecule has 5 nitrogen and oxygen atoms in total. The molecule has 0 amide bonds. The summed E-state index contributed by atoms with van der Waals surface area (Å²) in [5.74, 6) is 0.521. The predicted molar refractivity (Wildman–Crippen MR) is 105 cm³/mol. The first-order valence-electron chi connectivity index (χ1n) is 8.41. The van der Waals surface area contributed by atoms with Crippen molar-refractivity contribution in [2.75, 3.05) is 4.72 Å². The Hall–Kier alpha value is -3.45. The molecular weight excluding hydrogens is 379 g/mol. The van der Waals surface area contributed by atoms with Crippen LogP contribution in [0.2, 0.25) is 0 Å². The second-order valence-electron chi connectivity index (χ2n) is 6.02. The Morgan fingerprint density at radius 3 is 2.46 bits per heavy atom. The van der Waals surface area contributed by atoms with Crippen LogP contribution in [0.15, 0.2) is 90.0 Å². The van der Waals surface area contributed by atoms with Gasteiger partial charge in [-0.25, -0.2) is 12.8 Å². The van der Waals surface area contributed by atoms with Gasteiger partial charge in [-0.3, -0.25) is 9.71 Å². The molecule has 0 spiro atoms. The Morgan fingerprint density at radius 2 is 1.64 bits per heavy atom. The van der Waals surface area contributed by atoms with Crippen LogP contribution in [0, 0.1) is 5.82 Å². The van der Waals surface area contributed by atoms with Crippen molar-refractivity contribution >= 4 is 26.6 Å². The van der Waals surface area contributed by atoms with Gasteiger partial charge in [0.15, 0.2) is 5.75 Å². The number of rotatable bonds is 5. The number of sulfonamides is 1. The molecule has 140 valence electrons. The molecule has 4 aromatic rings. The normalized spacial score (nSPS) is 11.3. The number of para-hydroxylation sites is 1. The largest absolute Gasteiger partial charge is 0.455 e. The zero-order chi connectivity index (χ0) is 19.6. The fourth-order valence-corrected chi connectivity index (χ4v) is 3.79. The second kappa shape index (κ2) is 7.28. The third-order valence-corrected chi connectivity index (χ3v) is 5.43. The van der Waals surface area contributed by atoms with Crippen molar-refractivity contribution in [3.63, 3.8) is 0 Å². The van der Waals surface area contributed by atoms with E-state index in [-0.39, 0.29) is 4.90 Å². The van der Waals surface area contributed by atoms with Gasteiger partial charge in [-0.05, 0) is 48.5 Å². The highest BCUT2D eigenvalue weighted by Gasteiger charge is 2.14. The van der Waals surface area contributed by atoms with Crippen LogP contribution in [-0.2, 0) is 10.0 Å². The molecule has 0 aliphatic carbocycles. The first-order valence-corrected chi connectivity index (χ1v) is 9.90. The van der Waals surface area contributed by atoms with E-state index in [1.807, 2.05) is 24.3 Å². The second-order valence-corrected chi connectivity index (χ2v) is 7.70. The van der Waals surface area contributed by atoms with Crippen molar-refractivity contribution in [3.8, 4) is 11.5 Å². The van der Waals surface area contributed by atoms with Gasteiger partial charge in [-0.1, -0.05) is 24.3 Å². The number of ether oxygens (including phenoxy) is 1. The molecule has 0 saturated heterocycles. The molecule has 0 aliphatic rings. The fourth-order valence-electron chi connectivity index (χ4n) is 2.74. The summed E-state index contributed by atoms with van der Waals surface area (Å²) in [5, 5.41) is 0.938. The molecule has 7 heteroatoms. The lowest BCUT2D eigenvalue weighted by Gasteiger charge is -2.11. The van der Waals surface area contributed by atoms with Crippen LogP contribution in [0.1, 0.15) is 0 Å². The molecule has 1 N–H and O–H groups in total. The lowest BCUT2D eigenvalue weighted by molar-refractivity contribution is 0.487. The molecule has 4 rings (SSSR count). The maximum absolute atomic E-state index is 13.0. The fraction of sp³-hybridized carbons (Fsp3) is 0. The minimum Gasteiger partial charge on any atom is -0.455 e. The van der Waals surface area contributed by atoms with Crippen LogP contribution in [0.4, 0.5) is 10.1 Å². The van der Waals surface area contributed by atoms with E-state index in [9.17, 15) is 12.8 Å². The highest BCUT2D eigenvalue weighted by molar-refractivity contribution is 7.92. The maximum Gasteiger partial charge on any atom is 0.261 e. The number of nitrogens with zero attached hydrogens (tertiary/aromatic N) is 1. The van der Waals surface area contributed by atoms with Crippen molar-refractivity contribution in [2.24, 2.45) is 0 Å². The average Bonchev–Trinajstić information content (AvgIpc) is 2.69. The van der Waals surface area contributed by atoms with E-state index in [2.05, 4.69) is 9.71 Å². The molecular formula is C21H15FN2O3S. The van der Waals surface area contributed by atoms with E-state index in [4.69, 9.17) is 4.74 Å². The van der Waals surface area contributed by atoms with Crippen LogP contribution >= 0.6 is 0 Å². The van der Waals surface area contributed by atoms with Crippen molar-refractivity contribution in [2.45, 2.75) is 4.90 Å². The van der Waals surface area contributed by atoms with Gasteiger partial charge in [0.1, 0.15) is 17.1 Å². The van der Waals surface area contributed by atoms with E-state index >= 15 is 0 Å². The van der Waals surface area contributed by atoms with Gasteiger partial charge in [0.05, 0.1) is 10.6 Å². The minimum absolute atomic E-state index is 0.0292. The van der Waals surface area contributed by atoms with Gasteiger partial charge in [-0.2, -0.15) is 0 Å². The van der Waals surface area contributed by atoms with E-state index in [1.165, 1.54) is 12.1 Å². The Kier molecular flexibility index (Phi) is 4.67. The summed E-state index contributed by atoms with van der Waals surface area (Å²) in [6.45, 7) is 0. The summed E-state index contributed by atoms with van der Waals surface area (Å²) in [4.78, 5) is 4.31. The summed E-state index contributed by atoms with van der Waals surface area (Å²) in [7, 11) is -3.84. The minimum atomic E-state index is -3.84. The molecule has 3 aromatic carbocycles. The zero-order valence-electron chi connectivity index (χ0n) is 14.5. The number of nitrogens with one attached hydrogen (secondary N) is 1. The number of fused-ring (bicyclic) bond motifs is 1. The number of aromatic nitrogens is 1. The number of benzene rings is 3. The number of hydrogen-bond acceptors (Lipinski definition) is 4. The van der Waals surface area contributed by atoms with Crippen molar-refractivity contribution < 1.29 is 17.5 Å². The molecule has 1 aromatic heterocycles. The van der Waals surface area contributed by atoms with Gasteiger partial charge < -0.3 is 4.74 Å². The van der Waals surface area contributed by atoms with E-state index in [0.717, 1.165) is 17.5 Å². The van der Waals surface area contributed by atoms with Crippen LogP contribution < -0.4 is 9.46 Å². The van der Waals surface area contributed by atoms with Gasteiger partial charge in [0.25, 0.3) is 10.0 Å². The number of anilines is 1. The molecule has 0 atom stereocenters. The van der Waals surface area contributed by atoms with Gasteiger partial charge in [0.2, 0.25) is 0 Å². The summed E-state index contributed by atoms with van der Waals surface area (Å²) >= 11 is 0. The Morgan fingerprint density at radius 1 is 0.893 bits per heavy atom. The van der Waals surface area contributed by atoms with Gasteiger partial charge in [0, 0.05) is 17.6 Å². The standard InChI is InChI=1S/C21H15FN2O3S/c22-16-9-11-19(12-10-16)28(25,26)24-17-6-2-7-18(14-17)27-20-8-1-4-15-5-3-13-23-21(15)20/h1-14,24H. The summed E-state index contributed by atoms with van der Waals surface area (Å²) in [6.07, 6.45) is 1.68. The third-order valence-electron chi connectivity index (χ3n) is 4.03. The third kappa shape index (κ3) is 3.79. The Labute approximate surface area is 161 Å². The maximum atomic E-state index is 13.0. The van der Waals surface area contributed by atoms with Crippen molar-refractivity contribution in [1.82, 2.24) is 4.98 Å². The lowest BCUT2D eigenvalue weighted by Crippen LogP contribution is -2.12. The molecule has 28 heavy (non-hydrogen) atoms. The summed E-state index contributed by atoms with van der Waals surface area (Å²) in [5.41, 5.74) is 1.04. The molecule has 1 heterocycles. The molecule has 0 unspecified atom stereocenters. The Bertz CT molecular complexity index is 1240. The number of pyridine rings is 1. The smallest absolute Gasteiger partial charge is 0.261 e. The first-order chi connectivity index (χ1) is 13.5. The van der Waals surface area contributed by atoms with Gasteiger partial charge >= 0.3 is 0 Å². The zero-order valence-corrected chi connectivity index (χ0v) is 15.4. The average molecular weight is 394 g/mol. The summed E-state index contributed by atoms with van der Waals surface area (Å²) in [6, 6.07) is 20.6. The van der Waals surface area contributed by atoms with Crippen LogP contribution in [0.5, 0.6) is 11.5 Å². The molecule has 0 bridgehead atoms. The number of hydrogen-bond donors (Lipinski definition) is 1. The molecule has 0 saturated carbocycles. The molecule has 0 radical (unpaired) electrons. The molecule has 0 aliphatic heterocycles. The van der Waals surface area contributed by atoms with Crippen molar-refractivity contribution in [1.29, 1.82) is 0 Å². The van der Waals surface area contributed by atoms with Crippen molar-refractivity contribution in [3.05, 3.63) is 90.9 Å².